The van der Waals surface area contributed by atoms with Crippen LogP contribution < -0.4 is 0 Å². The van der Waals surface area contributed by atoms with E-state index in [4.69, 9.17) is 4.98 Å². The maximum Gasteiger partial charge on any atom is 0.272 e. The summed E-state index contributed by atoms with van der Waals surface area (Å²) in [5.74, 6) is 0.757. The van der Waals surface area contributed by atoms with Gasteiger partial charge in [-0.3, -0.25) is 4.79 Å². The number of piperidine rings is 1. The topological polar surface area (TPSA) is 33.2 Å². The molecule has 0 aliphatic carbocycles. The highest BCUT2D eigenvalue weighted by Gasteiger charge is 2.22. The van der Waals surface area contributed by atoms with Gasteiger partial charge < -0.3 is 4.90 Å². The summed E-state index contributed by atoms with van der Waals surface area (Å²) in [4.78, 5) is 19.5. The van der Waals surface area contributed by atoms with E-state index in [1.165, 1.54) is 16.3 Å². The number of benzene rings is 2. The van der Waals surface area contributed by atoms with Crippen LogP contribution in [0, 0.1) is 12.8 Å². The van der Waals surface area contributed by atoms with E-state index in [9.17, 15) is 4.79 Å². The van der Waals surface area contributed by atoms with E-state index in [0.29, 0.717) is 11.6 Å². The first-order chi connectivity index (χ1) is 12.6. The highest BCUT2D eigenvalue weighted by molar-refractivity contribution is 5.98. The normalized spacial score (nSPS) is 15.4. The number of aryl methyl sites for hydroxylation is 1. The van der Waals surface area contributed by atoms with E-state index in [1.54, 1.807) is 0 Å². The summed E-state index contributed by atoms with van der Waals surface area (Å²) < 4.78 is 0. The quantitative estimate of drug-likeness (QED) is 0.649. The number of rotatable bonds is 2. The Bertz CT molecular complexity index is 955. The Morgan fingerprint density at radius 1 is 0.962 bits per heavy atom. The third-order valence-electron chi connectivity index (χ3n) is 5.46. The molecule has 1 aromatic heterocycles. The molecule has 4 rings (SSSR count). The number of pyridine rings is 1. The standard InChI is InChI=1S/C23H24N2O/c1-16-12-14-25(15-13-16)23(26)22-9-5-8-21(24-22)20-11-10-17(2)18-6-3-4-7-19(18)20/h3-11,16H,12-15H2,1-2H3. The molecule has 1 saturated heterocycles. The number of amides is 1. The zero-order chi connectivity index (χ0) is 18.1. The molecule has 2 heterocycles. The number of likely N-dealkylation sites (tertiary alicyclic amines) is 1. The number of aromatic nitrogens is 1. The molecule has 2 aromatic carbocycles. The van der Waals surface area contributed by atoms with Crippen LogP contribution in [0.2, 0.25) is 0 Å². The van der Waals surface area contributed by atoms with Gasteiger partial charge in [-0.05, 0) is 54.2 Å². The molecule has 0 radical (unpaired) electrons. The van der Waals surface area contributed by atoms with Crippen LogP contribution in [0.15, 0.2) is 54.6 Å². The fourth-order valence-electron chi connectivity index (χ4n) is 3.75. The second-order valence-electron chi connectivity index (χ2n) is 7.36. The van der Waals surface area contributed by atoms with Crippen molar-refractivity contribution in [2.75, 3.05) is 13.1 Å². The summed E-state index contributed by atoms with van der Waals surface area (Å²) in [7, 11) is 0. The van der Waals surface area contributed by atoms with Crippen molar-refractivity contribution >= 4 is 16.7 Å². The summed E-state index contributed by atoms with van der Waals surface area (Å²) in [5, 5.41) is 2.41. The van der Waals surface area contributed by atoms with Gasteiger partial charge in [0.25, 0.3) is 5.91 Å². The van der Waals surface area contributed by atoms with Gasteiger partial charge in [0.2, 0.25) is 0 Å². The number of hydrogen-bond acceptors (Lipinski definition) is 2. The smallest absolute Gasteiger partial charge is 0.272 e. The molecule has 1 fully saturated rings. The molecule has 3 aromatic rings. The number of nitrogens with zero attached hydrogens (tertiary/aromatic N) is 2. The highest BCUT2D eigenvalue weighted by Crippen LogP contribution is 2.30. The lowest BCUT2D eigenvalue weighted by Crippen LogP contribution is -2.38. The molecule has 0 N–H and O–H groups in total. The van der Waals surface area contributed by atoms with E-state index >= 15 is 0 Å². The molecule has 0 unspecified atom stereocenters. The Labute approximate surface area is 154 Å². The number of carbonyl (C=O) groups is 1. The largest absolute Gasteiger partial charge is 0.337 e. The number of fused-ring (bicyclic) bond motifs is 1. The molecule has 132 valence electrons. The molecular weight excluding hydrogens is 320 g/mol. The van der Waals surface area contributed by atoms with E-state index < -0.39 is 0 Å². The van der Waals surface area contributed by atoms with Gasteiger partial charge in [0.15, 0.2) is 0 Å². The minimum absolute atomic E-state index is 0.0511. The van der Waals surface area contributed by atoms with Crippen molar-refractivity contribution in [2.24, 2.45) is 5.92 Å². The molecule has 26 heavy (non-hydrogen) atoms. The van der Waals surface area contributed by atoms with Crippen LogP contribution >= 0.6 is 0 Å². The predicted octanol–water partition coefficient (Wildman–Crippen LogP) is 5.08. The van der Waals surface area contributed by atoms with Crippen LogP contribution in [0.5, 0.6) is 0 Å². The Kier molecular flexibility index (Phi) is 4.46. The van der Waals surface area contributed by atoms with Crippen LogP contribution in [-0.2, 0) is 0 Å². The summed E-state index contributed by atoms with van der Waals surface area (Å²) in [5.41, 5.74) is 3.73. The zero-order valence-corrected chi connectivity index (χ0v) is 15.4. The lowest BCUT2D eigenvalue weighted by atomic mass is 9.98. The Morgan fingerprint density at radius 2 is 1.69 bits per heavy atom. The number of carbonyl (C=O) groups excluding carboxylic acids is 1. The molecule has 3 nitrogen and oxygen atoms in total. The van der Waals surface area contributed by atoms with Crippen molar-refractivity contribution in [1.29, 1.82) is 0 Å². The Hall–Kier alpha value is -2.68. The van der Waals surface area contributed by atoms with Crippen LogP contribution in [0.1, 0.15) is 35.8 Å². The third-order valence-corrected chi connectivity index (χ3v) is 5.46. The van der Waals surface area contributed by atoms with Crippen LogP contribution in [0.25, 0.3) is 22.0 Å². The molecule has 1 aliphatic rings. The Morgan fingerprint density at radius 3 is 2.46 bits per heavy atom. The van der Waals surface area contributed by atoms with Crippen LogP contribution in [0.4, 0.5) is 0 Å². The van der Waals surface area contributed by atoms with Crippen molar-refractivity contribution in [3.8, 4) is 11.3 Å². The second-order valence-corrected chi connectivity index (χ2v) is 7.36. The van der Waals surface area contributed by atoms with Gasteiger partial charge >= 0.3 is 0 Å². The third kappa shape index (κ3) is 3.10. The summed E-state index contributed by atoms with van der Waals surface area (Å²) >= 11 is 0. The predicted molar refractivity (Wildman–Crippen MR) is 106 cm³/mol. The van der Waals surface area contributed by atoms with Crippen LogP contribution in [-0.4, -0.2) is 28.9 Å². The van der Waals surface area contributed by atoms with Gasteiger partial charge in [0, 0.05) is 18.7 Å². The van der Waals surface area contributed by atoms with E-state index in [0.717, 1.165) is 37.2 Å². The van der Waals surface area contributed by atoms with Gasteiger partial charge in [-0.25, -0.2) is 4.98 Å². The maximum atomic E-state index is 12.9. The minimum Gasteiger partial charge on any atom is -0.337 e. The van der Waals surface area contributed by atoms with E-state index in [1.807, 2.05) is 23.1 Å². The lowest BCUT2D eigenvalue weighted by Gasteiger charge is -2.30. The van der Waals surface area contributed by atoms with Crippen molar-refractivity contribution in [2.45, 2.75) is 26.7 Å². The molecule has 0 spiro atoms. The summed E-state index contributed by atoms with van der Waals surface area (Å²) in [6, 6.07) is 18.4. The monoisotopic (exact) mass is 344 g/mol. The average molecular weight is 344 g/mol. The first-order valence-corrected chi connectivity index (χ1v) is 9.38. The average Bonchev–Trinajstić information content (AvgIpc) is 2.69. The van der Waals surface area contributed by atoms with Crippen molar-refractivity contribution in [1.82, 2.24) is 9.88 Å². The van der Waals surface area contributed by atoms with Gasteiger partial charge in [-0.1, -0.05) is 49.4 Å². The summed E-state index contributed by atoms with van der Waals surface area (Å²) in [6.07, 6.45) is 2.15. The van der Waals surface area contributed by atoms with Gasteiger partial charge in [0.05, 0.1) is 5.69 Å². The van der Waals surface area contributed by atoms with Crippen molar-refractivity contribution in [3.63, 3.8) is 0 Å². The Balaban J connectivity index is 1.71. The molecule has 3 heteroatoms. The minimum atomic E-state index is 0.0511. The molecule has 0 atom stereocenters. The maximum absolute atomic E-state index is 12.9. The van der Waals surface area contributed by atoms with Gasteiger partial charge in [-0.15, -0.1) is 0 Å². The van der Waals surface area contributed by atoms with E-state index in [-0.39, 0.29) is 5.91 Å². The fraction of sp³-hybridized carbons (Fsp3) is 0.304. The van der Waals surface area contributed by atoms with E-state index in [2.05, 4.69) is 50.2 Å². The fourth-order valence-corrected chi connectivity index (χ4v) is 3.75. The molecule has 0 bridgehead atoms. The van der Waals surface area contributed by atoms with Crippen molar-refractivity contribution < 1.29 is 4.79 Å². The van der Waals surface area contributed by atoms with Gasteiger partial charge in [0.1, 0.15) is 5.69 Å². The second kappa shape index (κ2) is 6.91. The SMILES string of the molecule is Cc1ccc(-c2cccc(C(=O)N3CCC(C)CC3)n2)c2ccccc12. The molecule has 0 saturated carbocycles. The highest BCUT2D eigenvalue weighted by atomic mass is 16.2. The summed E-state index contributed by atoms with van der Waals surface area (Å²) in [6.45, 7) is 6.04. The molecular formula is C23H24N2O. The zero-order valence-electron chi connectivity index (χ0n) is 15.4. The van der Waals surface area contributed by atoms with Crippen LogP contribution in [0.3, 0.4) is 0 Å². The first-order valence-electron chi connectivity index (χ1n) is 9.38. The van der Waals surface area contributed by atoms with Crippen molar-refractivity contribution in [3.05, 3.63) is 65.9 Å². The van der Waals surface area contributed by atoms with Gasteiger partial charge in [-0.2, -0.15) is 0 Å². The molecule has 1 amide bonds. The molecule has 1 aliphatic heterocycles. The lowest BCUT2D eigenvalue weighted by molar-refractivity contribution is 0.0691. The first kappa shape index (κ1) is 16.8. The number of hydrogen-bond donors (Lipinski definition) is 0.